The van der Waals surface area contributed by atoms with Crippen LogP contribution in [0.25, 0.3) is 0 Å². The number of hydrogen-bond acceptors (Lipinski definition) is 7. The minimum absolute atomic E-state index is 0.135. The average Bonchev–Trinajstić information content (AvgIpc) is 3.15. The van der Waals surface area contributed by atoms with E-state index in [0.717, 1.165) is 24.9 Å². The van der Waals surface area contributed by atoms with E-state index >= 15 is 0 Å². The van der Waals surface area contributed by atoms with Crippen LogP contribution in [-0.4, -0.2) is 62.1 Å². The number of hydrogen-bond donors (Lipinski definition) is 1. The largest absolute Gasteiger partial charge is 0.475 e. The summed E-state index contributed by atoms with van der Waals surface area (Å²) in [6.45, 7) is 1.11. The van der Waals surface area contributed by atoms with Crippen molar-refractivity contribution in [3.63, 3.8) is 0 Å². The lowest BCUT2D eigenvalue weighted by atomic mass is 10.1. The van der Waals surface area contributed by atoms with Gasteiger partial charge in [-0.25, -0.2) is 22.2 Å². The molecule has 0 bridgehead atoms. The molecular weight excluding hydrogens is 370 g/mol. The molecule has 10 nitrogen and oxygen atoms in total. The van der Waals surface area contributed by atoms with E-state index in [1.807, 2.05) is 0 Å². The van der Waals surface area contributed by atoms with Gasteiger partial charge in [0, 0.05) is 6.42 Å². The van der Waals surface area contributed by atoms with Gasteiger partial charge in [-0.1, -0.05) is 0 Å². The molecule has 0 saturated carbocycles. The van der Waals surface area contributed by atoms with Gasteiger partial charge in [0.05, 0.1) is 12.0 Å². The Morgan fingerprint density at radius 2 is 2.08 bits per heavy atom. The molecule has 144 valence electrons. The second-order valence-electron chi connectivity index (χ2n) is 5.33. The summed E-state index contributed by atoms with van der Waals surface area (Å²) < 4.78 is 57.3. The van der Waals surface area contributed by atoms with Gasteiger partial charge in [0.2, 0.25) is 5.72 Å². The molecule has 1 aliphatic rings. The zero-order chi connectivity index (χ0) is 19.8. The summed E-state index contributed by atoms with van der Waals surface area (Å²) in [6.07, 6.45) is -7.26. The van der Waals surface area contributed by atoms with Crippen LogP contribution in [0.4, 0.5) is 23.2 Å². The Hall–Kier alpha value is -2.77. The molecule has 1 amide bonds. The fourth-order valence-corrected chi connectivity index (χ4v) is 2.25. The number of nitro groups is 1. The number of methoxy groups -OCH3 is 1. The van der Waals surface area contributed by atoms with Gasteiger partial charge in [-0.2, -0.15) is 10.1 Å². The number of hydrazone groups is 1. The van der Waals surface area contributed by atoms with E-state index in [2.05, 4.69) is 14.9 Å². The molecule has 1 aliphatic heterocycles. The lowest BCUT2D eigenvalue weighted by Gasteiger charge is -2.31. The summed E-state index contributed by atoms with van der Waals surface area (Å²) in [5.74, 6) is -1.76. The lowest BCUT2D eigenvalue weighted by Crippen LogP contribution is -2.53. The van der Waals surface area contributed by atoms with Crippen molar-refractivity contribution in [2.75, 3.05) is 7.11 Å². The molecule has 26 heavy (non-hydrogen) atoms. The highest BCUT2D eigenvalue weighted by Crippen LogP contribution is 2.35. The van der Waals surface area contributed by atoms with Crippen molar-refractivity contribution in [2.45, 2.75) is 38.0 Å². The molecule has 2 atom stereocenters. The summed E-state index contributed by atoms with van der Waals surface area (Å²) in [7, 11) is 1.08. The van der Waals surface area contributed by atoms with Crippen LogP contribution in [-0.2, 0) is 4.79 Å². The number of halogens is 4. The molecular formula is C12H13F4N5O5. The van der Waals surface area contributed by atoms with Crippen molar-refractivity contribution in [3.05, 3.63) is 16.3 Å². The number of amides is 1. The molecule has 0 aromatic carbocycles. The molecule has 0 spiro atoms. The summed E-state index contributed by atoms with van der Waals surface area (Å²) in [5, 5.41) is 27.4. The molecule has 0 aliphatic carbocycles. The predicted molar refractivity (Wildman–Crippen MR) is 76.0 cm³/mol. The molecule has 14 heteroatoms. The van der Waals surface area contributed by atoms with Crippen LogP contribution in [0.2, 0.25) is 0 Å². The van der Waals surface area contributed by atoms with E-state index in [1.54, 1.807) is 0 Å². The number of carbonyl (C=O) groups is 1. The standard InChI is InChI=1S/C12H13F4N5O5/c1-5(19-4-7(21(24)25)9(18-19)26-2)10(22)20-12(23,11(15)16)3-6(17-20)8(13)14/h4-5,8,11,23H,3H2,1-2H3/t5-,12+/m0/s1. The van der Waals surface area contributed by atoms with Crippen LogP contribution >= 0.6 is 0 Å². The first-order valence-electron chi connectivity index (χ1n) is 7.00. The summed E-state index contributed by atoms with van der Waals surface area (Å²) in [6, 6.07) is -1.48. The first-order valence-corrected chi connectivity index (χ1v) is 7.00. The van der Waals surface area contributed by atoms with E-state index in [4.69, 9.17) is 0 Å². The Morgan fingerprint density at radius 1 is 1.46 bits per heavy atom. The van der Waals surface area contributed by atoms with Gasteiger partial charge < -0.3 is 9.84 Å². The van der Waals surface area contributed by atoms with Gasteiger partial charge >= 0.3 is 11.6 Å². The Kier molecular flexibility index (Phi) is 5.16. The first kappa shape index (κ1) is 19.6. The second kappa shape index (κ2) is 6.86. The molecule has 0 saturated heterocycles. The maximum atomic E-state index is 13.2. The van der Waals surface area contributed by atoms with Crippen molar-refractivity contribution < 1.29 is 37.1 Å². The van der Waals surface area contributed by atoms with Crippen LogP contribution in [0.15, 0.2) is 11.3 Å². The van der Waals surface area contributed by atoms with E-state index in [9.17, 15) is 37.6 Å². The van der Waals surface area contributed by atoms with Crippen molar-refractivity contribution in [3.8, 4) is 5.88 Å². The number of ether oxygens (including phenoxy) is 1. The highest BCUT2D eigenvalue weighted by Gasteiger charge is 2.54. The van der Waals surface area contributed by atoms with Gasteiger partial charge in [0.25, 0.3) is 18.8 Å². The normalized spacial score (nSPS) is 21.3. The monoisotopic (exact) mass is 383 g/mol. The Labute approximate surface area is 142 Å². The van der Waals surface area contributed by atoms with E-state index in [0.29, 0.717) is 0 Å². The fourth-order valence-electron chi connectivity index (χ4n) is 2.25. The number of aliphatic hydroxyl groups is 1. The summed E-state index contributed by atoms with van der Waals surface area (Å²) in [5.41, 5.74) is -4.94. The van der Waals surface area contributed by atoms with Crippen molar-refractivity contribution >= 4 is 17.3 Å². The van der Waals surface area contributed by atoms with Crippen molar-refractivity contribution in [1.29, 1.82) is 0 Å². The second-order valence-corrected chi connectivity index (χ2v) is 5.33. The minimum Gasteiger partial charge on any atom is -0.475 e. The van der Waals surface area contributed by atoms with Crippen LogP contribution in [0, 0.1) is 10.1 Å². The Morgan fingerprint density at radius 3 is 2.50 bits per heavy atom. The van der Waals surface area contributed by atoms with Gasteiger partial charge in [0.1, 0.15) is 18.0 Å². The topological polar surface area (TPSA) is 123 Å². The number of carbonyl (C=O) groups excluding carboxylic acids is 1. The molecule has 1 aromatic heterocycles. The third-order valence-corrected chi connectivity index (χ3v) is 3.67. The molecule has 0 unspecified atom stereocenters. The zero-order valence-corrected chi connectivity index (χ0v) is 13.3. The third-order valence-electron chi connectivity index (χ3n) is 3.67. The van der Waals surface area contributed by atoms with Crippen LogP contribution in [0.3, 0.4) is 0 Å². The Bertz CT molecular complexity index is 754. The molecule has 1 N–H and O–H groups in total. The predicted octanol–water partition coefficient (Wildman–Crippen LogP) is 1.17. The van der Waals surface area contributed by atoms with Gasteiger partial charge in [-0.15, -0.1) is 5.10 Å². The van der Waals surface area contributed by atoms with E-state index in [1.165, 1.54) is 0 Å². The van der Waals surface area contributed by atoms with Crippen LogP contribution in [0.1, 0.15) is 19.4 Å². The Balaban J connectivity index is 2.38. The fraction of sp³-hybridized carbons (Fsp3) is 0.583. The van der Waals surface area contributed by atoms with Crippen molar-refractivity contribution in [2.24, 2.45) is 5.10 Å². The molecule has 0 radical (unpaired) electrons. The molecule has 1 aromatic rings. The van der Waals surface area contributed by atoms with Crippen molar-refractivity contribution in [1.82, 2.24) is 14.8 Å². The van der Waals surface area contributed by atoms with E-state index in [-0.39, 0.29) is 5.01 Å². The summed E-state index contributed by atoms with van der Waals surface area (Å²) >= 11 is 0. The molecule has 0 fully saturated rings. The first-order chi connectivity index (χ1) is 12.0. The highest BCUT2D eigenvalue weighted by molar-refractivity contribution is 5.93. The SMILES string of the molecule is COc1nn([C@@H](C)C(=O)N2N=C(C(F)F)C[C@@]2(O)C(F)F)cc1[N+](=O)[O-]. The lowest BCUT2D eigenvalue weighted by molar-refractivity contribution is -0.385. The average molecular weight is 383 g/mol. The van der Waals surface area contributed by atoms with Gasteiger partial charge in [-0.05, 0) is 6.92 Å². The maximum Gasteiger partial charge on any atom is 0.350 e. The molecule has 2 heterocycles. The third kappa shape index (κ3) is 3.18. The highest BCUT2D eigenvalue weighted by atomic mass is 19.3. The summed E-state index contributed by atoms with van der Waals surface area (Å²) in [4.78, 5) is 22.5. The number of nitrogens with zero attached hydrogens (tertiary/aromatic N) is 5. The van der Waals surface area contributed by atoms with Crippen LogP contribution < -0.4 is 4.74 Å². The smallest absolute Gasteiger partial charge is 0.350 e. The molecule has 2 rings (SSSR count). The van der Waals surface area contributed by atoms with E-state index < -0.39 is 59.1 Å². The minimum atomic E-state index is -3.58. The zero-order valence-electron chi connectivity index (χ0n) is 13.3. The maximum absolute atomic E-state index is 13.2. The number of alkyl halides is 4. The number of rotatable bonds is 6. The van der Waals surface area contributed by atoms with Gasteiger partial charge in [0.15, 0.2) is 0 Å². The quantitative estimate of drug-likeness (QED) is 0.447. The van der Waals surface area contributed by atoms with Gasteiger partial charge in [-0.3, -0.25) is 14.9 Å². The van der Waals surface area contributed by atoms with Crippen LogP contribution in [0.5, 0.6) is 5.88 Å². The number of aromatic nitrogens is 2.